The van der Waals surface area contributed by atoms with Gasteiger partial charge in [0.25, 0.3) is 0 Å². The lowest BCUT2D eigenvalue weighted by Crippen LogP contribution is -1.80. The molecular weight excluding hydrogens is 232 g/mol. The number of alkyl halides is 2. The summed E-state index contributed by atoms with van der Waals surface area (Å²) in [5.74, 6) is 0. The van der Waals surface area contributed by atoms with Crippen LogP contribution in [0.15, 0.2) is 11.6 Å². The molecule has 0 N–H and O–H groups in total. The van der Waals surface area contributed by atoms with Crippen molar-refractivity contribution in [3.63, 3.8) is 0 Å². The van der Waals surface area contributed by atoms with E-state index in [0.29, 0.717) is 0 Å². The molecular formula is C6H10Br2. The van der Waals surface area contributed by atoms with Gasteiger partial charge in [0, 0.05) is 10.7 Å². The largest absolute Gasteiger partial charge is 0.0883 e. The molecule has 0 bridgehead atoms. The normalized spacial score (nSPS) is 12.1. The van der Waals surface area contributed by atoms with Gasteiger partial charge in [0.05, 0.1) is 0 Å². The molecule has 0 aromatic carbocycles. The topological polar surface area (TPSA) is 0 Å². The molecule has 0 heterocycles. The summed E-state index contributed by atoms with van der Waals surface area (Å²) in [5, 5.41) is 1.98. The van der Waals surface area contributed by atoms with Gasteiger partial charge in [-0.1, -0.05) is 50.4 Å². The van der Waals surface area contributed by atoms with Crippen LogP contribution in [0.25, 0.3) is 0 Å². The number of hydrogen-bond donors (Lipinski definition) is 0. The van der Waals surface area contributed by atoms with Crippen LogP contribution in [-0.2, 0) is 0 Å². The zero-order valence-electron chi connectivity index (χ0n) is 4.95. The lowest BCUT2D eigenvalue weighted by molar-refractivity contribution is 1.11. The van der Waals surface area contributed by atoms with Gasteiger partial charge in [-0.25, -0.2) is 0 Å². The number of allylic oxidation sites excluding steroid dienone is 2. The predicted octanol–water partition coefficient (Wildman–Crippen LogP) is 3.11. The molecule has 0 aromatic heterocycles. The third-order valence-electron chi connectivity index (χ3n) is 0.992. The van der Waals surface area contributed by atoms with Gasteiger partial charge in [0.1, 0.15) is 0 Å². The van der Waals surface area contributed by atoms with Gasteiger partial charge in [0.2, 0.25) is 0 Å². The number of rotatable bonds is 3. The predicted molar refractivity (Wildman–Crippen MR) is 46.0 cm³/mol. The molecule has 0 aliphatic rings. The number of halogens is 2. The van der Waals surface area contributed by atoms with Crippen LogP contribution in [0.4, 0.5) is 0 Å². The van der Waals surface area contributed by atoms with E-state index in [1.165, 1.54) is 5.57 Å². The average molecular weight is 242 g/mol. The Morgan fingerprint density at radius 3 is 2.25 bits per heavy atom. The Hall–Kier alpha value is 0.700. The Labute approximate surface area is 67.6 Å². The van der Waals surface area contributed by atoms with Crippen LogP contribution in [0, 0.1) is 0 Å². The van der Waals surface area contributed by atoms with Gasteiger partial charge in [-0.2, -0.15) is 0 Å². The van der Waals surface area contributed by atoms with Crippen molar-refractivity contribution < 1.29 is 0 Å². The van der Waals surface area contributed by atoms with E-state index in [9.17, 15) is 0 Å². The minimum atomic E-state index is 0.974. The third-order valence-corrected chi connectivity index (χ3v) is 2.04. The van der Waals surface area contributed by atoms with Crippen LogP contribution in [0.1, 0.15) is 13.3 Å². The van der Waals surface area contributed by atoms with Crippen molar-refractivity contribution in [1.82, 2.24) is 0 Å². The van der Waals surface area contributed by atoms with E-state index in [0.717, 1.165) is 17.1 Å². The summed E-state index contributed by atoms with van der Waals surface area (Å²) in [6.07, 6.45) is 3.34. The van der Waals surface area contributed by atoms with Crippen molar-refractivity contribution in [1.29, 1.82) is 0 Å². The van der Waals surface area contributed by atoms with E-state index in [1.807, 2.05) is 0 Å². The maximum absolute atomic E-state index is 3.39. The molecule has 48 valence electrons. The van der Waals surface area contributed by atoms with Crippen molar-refractivity contribution in [3.05, 3.63) is 11.6 Å². The Morgan fingerprint density at radius 1 is 1.50 bits per heavy atom. The lowest BCUT2D eigenvalue weighted by atomic mass is 10.2. The van der Waals surface area contributed by atoms with Crippen LogP contribution in [0.2, 0.25) is 0 Å². The van der Waals surface area contributed by atoms with Crippen molar-refractivity contribution in [3.8, 4) is 0 Å². The first-order valence-electron chi connectivity index (χ1n) is 2.65. The second-order valence-corrected chi connectivity index (χ2v) is 2.71. The third kappa shape index (κ3) is 3.67. The Kier molecular flexibility index (Phi) is 6.34. The Balaban J connectivity index is 3.49. The zero-order valence-corrected chi connectivity index (χ0v) is 8.13. The molecule has 0 aliphatic carbocycles. The summed E-state index contributed by atoms with van der Waals surface area (Å²) in [5.41, 5.74) is 1.46. The Bertz CT molecular complexity index is 70.6. The fraction of sp³-hybridized carbons (Fsp3) is 0.667. The molecule has 8 heavy (non-hydrogen) atoms. The van der Waals surface area contributed by atoms with Gasteiger partial charge < -0.3 is 0 Å². The molecule has 0 unspecified atom stereocenters. The van der Waals surface area contributed by atoms with E-state index >= 15 is 0 Å². The first-order valence-corrected chi connectivity index (χ1v) is 4.89. The smallest absolute Gasteiger partial charge is 0.0242 e. The average Bonchev–Trinajstić information content (AvgIpc) is 1.83. The maximum atomic E-state index is 3.39. The summed E-state index contributed by atoms with van der Waals surface area (Å²) in [6.45, 7) is 2.16. The maximum Gasteiger partial charge on any atom is 0.0242 e. The standard InChI is InChI=1S/C6H10Br2/c1-2-6(5-8)3-4-7/h3H,2,4-5H2,1H3. The van der Waals surface area contributed by atoms with E-state index in [2.05, 4.69) is 44.9 Å². The molecule has 0 rings (SSSR count). The molecule has 2 heteroatoms. The summed E-state index contributed by atoms with van der Waals surface area (Å²) in [7, 11) is 0. The fourth-order valence-corrected chi connectivity index (χ4v) is 1.49. The number of hydrogen-bond acceptors (Lipinski definition) is 0. The monoisotopic (exact) mass is 240 g/mol. The molecule has 0 aromatic rings. The second-order valence-electron chi connectivity index (χ2n) is 1.50. The SMILES string of the molecule is CCC(=CCBr)CBr. The lowest BCUT2D eigenvalue weighted by Gasteiger charge is -1.93. The highest BCUT2D eigenvalue weighted by molar-refractivity contribution is 9.09. The van der Waals surface area contributed by atoms with E-state index in [4.69, 9.17) is 0 Å². The van der Waals surface area contributed by atoms with Gasteiger partial charge >= 0.3 is 0 Å². The minimum absolute atomic E-state index is 0.974. The van der Waals surface area contributed by atoms with Crippen LogP contribution in [0.3, 0.4) is 0 Å². The van der Waals surface area contributed by atoms with Crippen LogP contribution < -0.4 is 0 Å². The minimum Gasteiger partial charge on any atom is -0.0883 e. The zero-order chi connectivity index (χ0) is 6.41. The second kappa shape index (κ2) is 5.83. The van der Waals surface area contributed by atoms with Crippen LogP contribution in [-0.4, -0.2) is 10.7 Å². The summed E-state index contributed by atoms with van der Waals surface area (Å²) in [6, 6.07) is 0. The van der Waals surface area contributed by atoms with Gasteiger partial charge in [-0.05, 0) is 6.42 Å². The van der Waals surface area contributed by atoms with Crippen molar-refractivity contribution in [2.45, 2.75) is 13.3 Å². The molecule has 0 aliphatic heterocycles. The highest BCUT2D eigenvalue weighted by atomic mass is 79.9. The van der Waals surface area contributed by atoms with E-state index in [-0.39, 0.29) is 0 Å². The fourth-order valence-electron chi connectivity index (χ4n) is 0.402. The quantitative estimate of drug-likeness (QED) is 0.526. The summed E-state index contributed by atoms with van der Waals surface area (Å²) >= 11 is 6.72. The first-order chi connectivity index (χ1) is 3.85. The van der Waals surface area contributed by atoms with Gasteiger partial charge in [-0.15, -0.1) is 0 Å². The van der Waals surface area contributed by atoms with Gasteiger partial charge in [0.15, 0.2) is 0 Å². The van der Waals surface area contributed by atoms with E-state index < -0.39 is 0 Å². The van der Waals surface area contributed by atoms with Gasteiger partial charge in [-0.3, -0.25) is 0 Å². The van der Waals surface area contributed by atoms with Crippen molar-refractivity contribution in [2.24, 2.45) is 0 Å². The molecule has 0 radical (unpaired) electrons. The molecule has 0 saturated carbocycles. The summed E-state index contributed by atoms with van der Waals surface area (Å²) < 4.78 is 0. The van der Waals surface area contributed by atoms with Crippen LogP contribution >= 0.6 is 31.9 Å². The van der Waals surface area contributed by atoms with E-state index in [1.54, 1.807) is 0 Å². The molecule has 0 spiro atoms. The van der Waals surface area contributed by atoms with Crippen molar-refractivity contribution >= 4 is 31.9 Å². The summed E-state index contributed by atoms with van der Waals surface area (Å²) in [4.78, 5) is 0. The highest BCUT2D eigenvalue weighted by Gasteiger charge is 1.86. The van der Waals surface area contributed by atoms with Crippen molar-refractivity contribution in [2.75, 3.05) is 10.7 Å². The first kappa shape index (κ1) is 8.70. The molecule has 0 amide bonds. The molecule has 0 saturated heterocycles. The van der Waals surface area contributed by atoms with Crippen LogP contribution in [0.5, 0.6) is 0 Å². The molecule has 0 fully saturated rings. The molecule has 0 atom stereocenters. The molecule has 0 nitrogen and oxygen atoms in total. The Morgan fingerprint density at radius 2 is 2.12 bits per heavy atom. The highest BCUT2D eigenvalue weighted by Crippen LogP contribution is 2.04.